The Balaban J connectivity index is 0.00000200. The Morgan fingerprint density at radius 2 is 1.90 bits per heavy atom. The van der Waals surface area contributed by atoms with Gasteiger partial charge in [-0.25, -0.2) is 0 Å². The van der Waals surface area contributed by atoms with Crippen molar-refractivity contribution < 1.29 is 4.92 Å². The lowest BCUT2D eigenvalue weighted by Crippen LogP contribution is -2.29. The van der Waals surface area contributed by atoms with Gasteiger partial charge in [0.1, 0.15) is 0 Å². The van der Waals surface area contributed by atoms with Crippen molar-refractivity contribution in [2.45, 2.75) is 13.5 Å². The van der Waals surface area contributed by atoms with Crippen LogP contribution in [0.15, 0.2) is 15.7 Å². The smallest absolute Gasteiger partial charge is 0.314 e. The Hall–Kier alpha value is -2.19. The van der Waals surface area contributed by atoms with Crippen molar-refractivity contribution in [1.29, 1.82) is 0 Å². The largest absolute Gasteiger partial charge is 0.316 e. The summed E-state index contributed by atoms with van der Waals surface area (Å²) in [7, 11) is 1.69. The highest BCUT2D eigenvalue weighted by Gasteiger charge is 2.18. The molecule has 0 atom stereocenters. The van der Waals surface area contributed by atoms with Crippen LogP contribution in [0.25, 0.3) is 11.0 Å². The van der Waals surface area contributed by atoms with Gasteiger partial charge in [0.2, 0.25) is 0 Å². The van der Waals surface area contributed by atoms with E-state index in [0.717, 1.165) is 0 Å². The van der Waals surface area contributed by atoms with Gasteiger partial charge >= 0.3 is 11.1 Å². The van der Waals surface area contributed by atoms with Crippen molar-refractivity contribution in [3.05, 3.63) is 48.0 Å². The number of rotatable bonds is 3. The molecule has 2 aromatic rings. The standard InChI is InChI=1S/C11H12N4O4.ClH/c1-5-6(4-12-2)9-7(3-8(5)15(18)19)13-10(16)11(17)14-9;/h3,12H,4H2,1-2H3,(H,13,16)(H,14,17);1H. The van der Waals surface area contributed by atoms with E-state index in [1.54, 1.807) is 14.0 Å². The molecule has 0 aliphatic rings. The van der Waals surface area contributed by atoms with Gasteiger partial charge in [-0.05, 0) is 14.0 Å². The molecule has 2 rings (SSSR count). The fourth-order valence-electron chi connectivity index (χ4n) is 2.00. The zero-order valence-corrected chi connectivity index (χ0v) is 11.6. The van der Waals surface area contributed by atoms with Crippen LogP contribution in [-0.2, 0) is 6.54 Å². The molecule has 0 aliphatic carbocycles. The van der Waals surface area contributed by atoms with Crippen LogP contribution >= 0.6 is 12.4 Å². The van der Waals surface area contributed by atoms with Crippen LogP contribution in [0.1, 0.15) is 11.1 Å². The zero-order chi connectivity index (χ0) is 14.2. The zero-order valence-electron chi connectivity index (χ0n) is 10.8. The maximum absolute atomic E-state index is 11.4. The van der Waals surface area contributed by atoms with Crippen molar-refractivity contribution in [2.75, 3.05) is 7.05 Å². The highest BCUT2D eigenvalue weighted by Crippen LogP contribution is 2.27. The Morgan fingerprint density at radius 1 is 1.30 bits per heavy atom. The molecule has 0 spiro atoms. The highest BCUT2D eigenvalue weighted by molar-refractivity contribution is 5.85. The molecule has 0 bridgehead atoms. The summed E-state index contributed by atoms with van der Waals surface area (Å²) in [5, 5.41) is 13.9. The van der Waals surface area contributed by atoms with Crippen molar-refractivity contribution >= 4 is 29.1 Å². The number of benzene rings is 1. The van der Waals surface area contributed by atoms with Gasteiger partial charge in [-0.2, -0.15) is 0 Å². The van der Waals surface area contributed by atoms with Gasteiger partial charge in [0.05, 0.1) is 16.0 Å². The van der Waals surface area contributed by atoms with Gasteiger partial charge in [0.15, 0.2) is 0 Å². The second-order valence-corrected chi connectivity index (χ2v) is 4.12. The number of aromatic amines is 2. The van der Waals surface area contributed by atoms with Crippen LogP contribution in [0, 0.1) is 17.0 Å². The molecule has 20 heavy (non-hydrogen) atoms. The molecule has 0 unspecified atom stereocenters. The van der Waals surface area contributed by atoms with Crippen molar-refractivity contribution in [3.63, 3.8) is 0 Å². The average molecular weight is 301 g/mol. The number of halogens is 1. The molecule has 0 aliphatic heterocycles. The van der Waals surface area contributed by atoms with E-state index in [2.05, 4.69) is 15.3 Å². The Bertz CT molecular complexity index is 780. The number of nitro groups is 1. The number of fused-ring (bicyclic) bond motifs is 1. The summed E-state index contributed by atoms with van der Waals surface area (Å²) < 4.78 is 0. The third kappa shape index (κ3) is 2.56. The summed E-state index contributed by atoms with van der Waals surface area (Å²) in [5.41, 5.74) is -0.0246. The summed E-state index contributed by atoms with van der Waals surface area (Å²) >= 11 is 0. The molecule has 0 saturated carbocycles. The number of nitrogens with one attached hydrogen (secondary N) is 3. The third-order valence-electron chi connectivity index (χ3n) is 2.93. The maximum atomic E-state index is 11.4. The van der Waals surface area contributed by atoms with Crippen molar-refractivity contribution in [1.82, 2.24) is 15.3 Å². The average Bonchev–Trinajstić information content (AvgIpc) is 2.35. The van der Waals surface area contributed by atoms with E-state index in [1.165, 1.54) is 6.07 Å². The lowest BCUT2D eigenvalue weighted by molar-refractivity contribution is -0.385. The summed E-state index contributed by atoms with van der Waals surface area (Å²) in [6.07, 6.45) is 0. The minimum absolute atomic E-state index is 0. The first kappa shape index (κ1) is 15.9. The molecule has 3 N–H and O–H groups in total. The van der Waals surface area contributed by atoms with Gasteiger partial charge in [-0.15, -0.1) is 12.4 Å². The number of nitro benzene ring substituents is 1. The summed E-state index contributed by atoms with van der Waals surface area (Å²) in [5.74, 6) is 0. The first-order valence-corrected chi connectivity index (χ1v) is 5.53. The minimum atomic E-state index is -0.832. The minimum Gasteiger partial charge on any atom is -0.316 e. The third-order valence-corrected chi connectivity index (χ3v) is 2.93. The SMILES string of the molecule is CNCc1c(C)c([N+](=O)[O-])cc2[nH]c(=O)c(=O)[nH]c12.Cl. The van der Waals surface area contributed by atoms with Crippen LogP contribution in [0.3, 0.4) is 0 Å². The molecule has 108 valence electrons. The van der Waals surface area contributed by atoms with Gasteiger partial charge < -0.3 is 15.3 Å². The first-order chi connectivity index (χ1) is 8.95. The fourth-order valence-corrected chi connectivity index (χ4v) is 2.00. The van der Waals surface area contributed by atoms with Crippen LogP contribution in [0.2, 0.25) is 0 Å². The molecule has 0 saturated heterocycles. The summed E-state index contributed by atoms with van der Waals surface area (Å²) in [6.45, 7) is 1.94. The molecule has 1 aromatic heterocycles. The van der Waals surface area contributed by atoms with Crippen molar-refractivity contribution in [3.8, 4) is 0 Å². The van der Waals surface area contributed by atoms with E-state index < -0.39 is 16.0 Å². The van der Waals surface area contributed by atoms with E-state index >= 15 is 0 Å². The van der Waals surface area contributed by atoms with Crippen molar-refractivity contribution in [2.24, 2.45) is 0 Å². The van der Waals surface area contributed by atoms with E-state index in [0.29, 0.717) is 23.2 Å². The van der Waals surface area contributed by atoms with Crippen LogP contribution in [-0.4, -0.2) is 21.9 Å². The number of H-pyrrole nitrogens is 2. The maximum Gasteiger partial charge on any atom is 0.314 e. The lowest BCUT2D eigenvalue weighted by atomic mass is 10.0. The molecule has 0 radical (unpaired) electrons. The molecule has 1 aromatic carbocycles. The second-order valence-electron chi connectivity index (χ2n) is 4.12. The van der Waals surface area contributed by atoms with Crippen LogP contribution in [0.5, 0.6) is 0 Å². The lowest BCUT2D eigenvalue weighted by Gasteiger charge is -2.09. The number of hydrogen-bond acceptors (Lipinski definition) is 5. The first-order valence-electron chi connectivity index (χ1n) is 5.53. The summed E-state index contributed by atoms with van der Waals surface area (Å²) in [6, 6.07) is 1.25. The Labute approximate surface area is 118 Å². The molecular formula is C11H13ClN4O4. The monoisotopic (exact) mass is 300 g/mol. The van der Waals surface area contributed by atoms with Crippen LogP contribution in [0.4, 0.5) is 5.69 Å². The van der Waals surface area contributed by atoms with Crippen LogP contribution < -0.4 is 16.4 Å². The van der Waals surface area contributed by atoms with Gasteiger partial charge in [0, 0.05) is 23.7 Å². The highest BCUT2D eigenvalue weighted by atomic mass is 35.5. The number of nitrogens with zero attached hydrogens (tertiary/aromatic N) is 1. The fraction of sp³-hybridized carbons (Fsp3) is 0.273. The molecule has 9 heteroatoms. The number of hydrogen-bond donors (Lipinski definition) is 3. The van der Waals surface area contributed by atoms with E-state index in [9.17, 15) is 19.7 Å². The van der Waals surface area contributed by atoms with Gasteiger partial charge in [-0.1, -0.05) is 0 Å². The second kappa shape index (κ2) is 5.85. The number of aromatic nitrogens is 2. The molecule has 8 nitrogen and oxygen atoms in total. The Kier molecular flexibility index (Phi) is 4.64. The molecule has 0 fully saturated rings. The topological polar surface area (TPSA) is 121 Å². The molecular weight excluding hydrogens is 288 g/mol. The summed E-state index contributed by atoms with van der Waals surface area (Å²) in [4.78, 5) is 37.9. The van der Waals surface area contributed by atoms with E-state index in [4.69, 9.17) is 0 Å². The van der Waals surface area contributed by atoms with Gasteiger partial charge in [0.25, 0.3) is 5.69 Å². The molecule has 0 amide bonds. The van der Waals surface area contributed by atoms with E-state index in [-0.39, 0.29) is 23.6 Å². The van der Waals surface area contributed by atoms with E-state index in [1.807, 2.05) is 0 Å². The quantitative estimate of drug-likeness (QED) is 0.435. The normalized spacial score (nSPS) is 10.3. The predicted molar refractivity (Wildman–Crippen MR) is 76.6 cm³/mol. The van der Waals surface area contributed by atoms with Gasteiger partial charge in [-0.3, -0.25) is 19.7 Å². The molecule has 1 heterocycles. The predicted octanol–water partition coefficient (Wildman–Crippen LogP) is 0.574. The Morgan fingerprint density at radius 3 is 2.45 bits per heavy atom.